The summed E-state index contributed by atoms with van der Waals surface area (Å²) in [6.45, 7) is 1.97. The molecule has 0 aliphatic carbocycles. The Morgan fingerprint density at radius 3 is 2.88 bits per heavy atom. The lowest BCUT2D eigenvalue weighted by molar-refractivity contribution is -0.118. The number of nitrogen functional groups attached to an aromatic ring is 1. The second-order valence-corrected chi connectivity index (χ2v) is 6.05. The molecule has 6 nitrogen and oxygen atoms in total. The number of anilines is 1. The number of aryl methyl sites for hydroxylation is 1. The van der Waals surface area contributed by atoms with Gasteiger partial charge in [0.05, 0.1) is 23.6 Å². The molecule has 2 heterocycles. The van der Waals surface area contributed by atoms with Crippen LogP contribution in [0.25, 0.3) is 11.0 Å². The third-order valence-corrected chi connectivity index (χ3v) is 4.08. The predicted molar refractivity (Wildman–Crippen MR) is 97.6 cm³/mol. The van der Waals surface area contributed by atoms with Crippen molar-refractivity contribution in [3.63, 3.8) is 0 Å². The van der Waals surface area contributed by atoms with E-state index in [0.717, 1.165) is 22.2 Å². The third-order valence-electron chi connectivity index (χ3n) is 4.08. The average Bonchev–Trinajstić information content (AvgIpc) is 2.95. The molecule has 126 valence electrons. The van der Waals surface area contributed by atoms with Crippen LogP contribution in [0.1, 0.15) is 36.0 Å². The van der Waals surface area contributed by atoms with Gasteiger partial charge in [0.15, 0.2) is 0 Å². The number of primary amides is 1. The molecule has 0 saturated heterocycles. The highest BCUT2D eigenvalue weighted by Crippen LogP contribution is 2.21. The van der Waals surface area contributed by atoms with Crippen LogP contribution in [0.2, 0.25) is 0 Å². The van der Waals surface area contributed by atoms with E-state index in [1.807, 2.05) is 42.8 Å². The second-order valence-electron chi connectivity index (χ2n) is 6.05. The molecule has 0 aliphatic rings. The van der Waals surface area contributed by atoms with Gasteiger partial charge in [-0.15, -0.1) is 0 Å². The molecule has 0 spiro atoms. The molecule has 3 aromatic rings. The van der Waals surface area contributed by atoms with Gasteiger partial charge in [0, 0.05) is 19.0 Å². The SMILES string of the molecule is CC(CC(N)=O)c1cccc(C#Cc2c(N)ncc3ncn(C)c23)c1. The predicted octanol–water partition coefficient (Wildman–Crippen LogP) is 1.93. The van der Waals surface area contributed by atoms with Gasteiger partial charge in [-0.2, -0.15) is 0 Å². The second kappa shape index (κ2) is 6.65. The number of pyridine rings is 1. The lowest BCUT2D eigenvalue weighted by Crippen LogP contribution is -2.13. The number of hydrogen-bond donors (Lipinski definition) is 2. The molecule has 0 aliphatic heterocycles. The van der Waals surface area contributed by atoms with Crippen molar-refractivity contribution in [2.75, 3.05) is 5.73 Å². The van der Waals surface area contributed by atoms with Gasteiger partial charge in [0.2, 0.25) is 5.91 Å². The summed E-state index contributed by atoms with van der Waals surface area (Å²) in [7, 11) is 1.89. The molecule has 0 saturated carbocycles. The monoisotopic (exact) mass is 333 g/mol. The summed E-state index contributed by atoms with van der Waals surface area (Å²) in [4.78, 5) is 19.5. The van der Waals surface area contributed by atoms with Crippen molar-refractivity contribution in [3.8, 4) is 11.8 Å². The maximum atomic E-state index is 11.1. The van der Waals surface area contributed by atoms with Gasteiger partial charge in [-0.1, -0.05) is 30.9 Å². The molecule has 25 heavy (non-hydrogen) atoms. The summed E-state index contributed by atoms with van der Waals surface area (Å²) in [6.07, 6.45) is 3.66. The first-order valence-electron chi connectivity index (χ1n) is 7.91. The molecule has 1 aromatic carbocycles. The largest absolute Gasteiger partial charge is 0.383 e. The minimum absolute atomic E-state index is 0.0477. The zero-order chi connectivity index (χ0) is 18.0. The van der Waals surface area contributed by atoms with Crippen molar-refractivity contribution >= 4 is 22.8 Å². The first kappa shape index (κ1) is 16.5. The third kappa shape index (κ3) is 3.45. The van der Waals surface area contributed by atoms with Gasteiger partial charge in [-0.25, -0.2) is 9.97 Å². The van der Waals surface area contributed by atoms with E-state index in [9.17, 15) is 4.79 Å². The van der Waals surface area contributed by atoms with E-state index in [4.69, 9.17) is 11.5 Å². The van der Waals surface area contributed by atoms with Gasteiger partial charge in [0.1, 0.15) is 11.3 Å². The maximum absolute atomic E-state index is 11.1. The van der Waals surface area contributed by atoms with Gasteiger partial charge < -0.3 is 16.0 Å². The molecule has 0 bridgehead atoms. The van der Waals surface area contributed by atoms with Crippen LogP contribution in [-0.2, 0) is 11.8 Å². The Morgan fingerprint density at radius 1 is 1.32 bits per heavy atom. The van der Waals surface area contributed by atoms with Crippen molar-refractivity contribution in [3.05, 3.63) is 53.5 Å². The van der Waals surface area contributed by atoms with E-state index >= 15 is 0 Å². The molecule has 3 rings (SSSR count). The normalized spacial score (nSPS) is 11.8. The molecule has 6 heteroatoms. The van der Waals surface area contributed by atoms with Crippen LogP contribution in [0.3, 0.4) is 0 Å². The lowest BCUT2D eigenvalue weighted by atomic mass is 9.96. The van der Waals surface area contributed by atoms with Crippen LogP contribution in [-0.4, -0.2) is 20.4 Å². The number of nitrogens with zero attached hydrogens (tertiary/aromatic N) is 3. The summed E-state index contributed by atoms with van der Waals surface area (Å²) >= 11 is 0. The van der Waals surface area contributed by atoms with Crippen molar-refractivity contribution in [2.45, 2.75) is 19.3 Å². The molecule has 2 aromatic heterocycles. The number of fused-ring (bicyclic) bond motifs is 1. The number of carbonyl (C=O) groups is 1. The summed E-state index contributed by atoms with van der Waals surface area (Å²) in [6, 6.07) is 7.77. The van der Waals surface area contributed by atoms with Crippen molar-refractivity contribution in [2.24, 2.45) is 12.8 Å². The molecular weight excluding hydrogens is 314 g/mol. The first-order chi connectivity index (χ1) is 12.0. The quantitative estimate of drug-likeness (QED) is 0.715. The van der Waals surface area contributed by atoms with Crippen molar-refractivity contribution < 1.29 is 4.79 Å². The van der Waals surface area contributed by atoms with Crippen LogP contribution in [0.5, 0.6) is 0 Å². The summed E-state index contributed by atoms with van der Waals surface area (Å²) < 4.78 is 1.88. The zero-order valence-corrected chi connectivity index (χ0v) is 14.2. The Labute approximate surface area is 145 Å². The summed E-state index contributed by atoms with van der Waals surface area (Å²) in [5.41, 5.74) is 15.4. The van der Waals surface area contributed by atoms with Crippen LogP contribution in [0, 0.1) is 11.8 Å². The Hall–Kier alpha value is -3.33. The fourth-order valence-corrected chi connectivity index (χ4v) is 2.76. The number of rotatable bonds is 3. The number of aromatic nitrogens is 3. The van der Waals surface area contributed by atoms with Crippen molar-refractivity contribution in [1.29, 1.82) is 0 Å². The Morgan fingerprint density at radius 2 is 2.12 bits per heavy atom. The van der Waals surface area contributed by atoms with Gasteiger partial charge in [0.25, 0.3) is 0 Å². The fraction of sp³-hybridized carbons (Fsp3) is 0.211. The zero-order valence-electron chi connectivity index (χ0n) is 14.2. The van der Waals surface area contributed by atoms with Crippen molar-refractivity contribution in [1.82, 2.24) is 14.5 Å². The molecule has 1 atom stereocenters. The highest BCUT2D eigenvalue weighted by Gasteiger charge is 2.10. The van der Waals surface area contributed by atoms with E-state index in [-0.39, 0.29) is 11.8 Å². The standard InChI is InChI=1S/C19H19N5O/c1-12(8-17(20)25)14-5-3-4-13(9-14)6-7-15-18-16(10-22-19(15)21)23-11-24(18)2/h3-5,9-12H,8H2,1-2H3,(H2,20,25)(H2,21,22). The van der Waals surface area contributed by atoms with E-state index in [1.165, 1.54) is 0 Å². The Bertz CT molecular complexity index is 1010. The molecule has 1 unspecified atom stereocenters. The molecular formula is C19H19N5O. The number of amides is 1. The Kier molecular flexibility index (Phi) is 4.40. The molecule has 0 radical (unpaired) electrons. The number of hydrogen-bond acceptors (Lipinski definition) is 4. The fourth-order valence-electron chi connectivity index (χ4n) is 2.76. The number of nitrogens with two attached hydrogens (primary N) is 2. The highest BCUT2D eigenvalue weighted by atomic mass is 16.1. The van der Waals surface area contributed by atoms with E-state index in [0.29, 0.717) is 17.8 Å². The van der Waals surface area contributed by atoms with Crippen LogP contribution in [0.15, 0.2) is 36.8 Å². The number of carbonyl (C=O) groups excluding carboxylic acids is 1. The molecule has 1 amide bonds. The Balaban J connectivity index is 1.99. The van der Waals surface area contributed by atoms with E-state index in [2.05, 4.69) is 21.8 Å². The maximum Gasteiger partial charge on any atom is 0.218 e. The van der Waals surface area contributed by atoms with Crippen LogP contribution in [0.4, 0.5) is 5.82 Å². The number of benzene rings is 1. The van der Waals surface area contributed by atoms with E-state index in [1.54, 1.807) is 12.5 Å². The molecule has 4 N–H and O–H groups in total. The van der Waals surface area contributed by atoms with Crippen LogP contribution < -0.4 is 11.5 Å². The van der Waals surface area contributed by atoms with Gasteiger partial charge in [-0.05, 0) is 23.6 Å². The minimum atomic E-state index is -0.314. The number of imidazole rings is 1. The van der Waals surface area contributed by atoms with Crippen LogP contribution >= 0.6 is 0 Å². The van der Waals surface area contributed by atoms with Gasteiger partial charge >= 0.3 is 0 Å². The average molecular weight is 333 g/mol. The molecule has 0 fully saturated rings. The lowest BCUT2D eigenvalue weighted by Gasteiger charge is -2.09. The minimum Gasteiger partial charge on any atom is -0.383 e. The van der Waals surface area contributed by atoms with E-state index < -0.39 is 0 Å². The summed E-state index contributed by atoms with van der Waals surface area (Å²) in [5, 5.41) is 0. The first-order valence-corrected chi connectivity index (χ1v) is 7.91. The summed E-state index contributed by atoms with van der Waals surface area (Å²) in [5.74, 6) is 6.36. The highest BCUT2D eigenvalue weighted by molar-refractivity contribution is 5.85. The smallest absolute Gasteiger partial charge is 0.218 e. The topological polar surface area (TPSA) is 99.8 Å². The van der Waals surface area contributed by atoms with Gasteiger partial charge in [-0.3, -0.25) is 4.79 Å².